The Morgan fingerprint density at radius 3 is 2.29 bits per heavy atom. The lowest BCUT2D eigenvalue weighted by atomic mass is 10.3. The number of ether oxygens (including phenoxy) is 2. The average molecular weight is 349 g/mol. The molecule has 6 nitrogen and oxygen atoms in total. The zero-order valence-electron chi connectivity index (χ0n) is 13.3. The number of carbonyl (C=O) groups excluding carboxylic acids is 2. The van der Waals surface area contributed by atoms with Crippen LogP contribution in [0.15, 0.2) is 42.5 Å². The Balaban J connectivity index is 1.86. The number of hydrogen-bond donors (Lipinski definition) is 2. The fraction of sp³-hybridized carbons (Fsp3) is 0.176. The van der Waals surface area contributed by atoms with Crippen molar-refractivity contribution in [3.05, 3.63) is 47.5 Å². The molecule has 0 aliphatic carbocycles. The number of anilines is 2. The van der Waals surface area contributed by atoms with Crippen molar-refractivity contribution < 1.29 is 19.1 Å². The van der Waals surface area contributed by atoms with Crippen LogP contribution in [0.25, 0.3) is 0 Å². The highest BCUT2D eigenvalue weighted by molar-refractivity contribution is 6.32. The lowest BCUT2D eigenvalue weighted by molar-refractivity contribution is -0.118. The zero-order valence-corrected chi connectivity index (χ0v) is 14.0. The van der Waals surface area contributed by atoms with Gasteiger partial charge in [0, 0.05) is 18.3 Å². The maximum absolute atomic E-state index is 11.9. The van der Waals surface area contributed by atoms with Crippen LogP contribution >= 0.6 is 11.6 Å². The standard InChI is InChI=1S/C17H17ClN2O4/c1-11(21)19-12-3-6-14(7-4-12)24-10-17(22)20-13-5-8-16(23-2)15(18)9-13/h3-9H,10H2,1-2H3,(H,19,21)(H,20,22). The summed E-state index contributed by atoms with van der Waals surface area (Å²) in [6.07, 6.45) is 0. The first-order chi connectivity index (χ1) is 11.5. The smallest absolute Gasteiger partial charge is 0.262 e. The number of benzene rings is 2. The SMILES string of the molecule is COc1ccc(NC(=O)COc2ccc(NC(C)=O)cc2)cc1Cl. The molecule has 0 atom stereocenters. The fourth-order valence-corrected chi connectivity index (χ4v) is 2.19. The first kappa shape index (κ1) is 17.6. The van der Waals surface area contributed by atoms with Crippen molar-refractivity contribution in [1.29, 1.82) is 0 Å². The normalized spacial score (nSPS) is 9.96. The number of halogens is 1. The summed E-state index contributed by atoms with van der Waals surface area (Å²) in [5, 5.41) is 5.74. The number of rotatable bonds is 6. The molecular formula is C17H17ClN2O4. The van der Waals surface area contributed by atoms with E-state index in [4.69, 9.17) is 21.1 Å². The summed E-state index contributed by atoms with van der Waals surface area (Å²) < 4.78 is 10.4. The van der Waals surface area contributed by atoms with Gasteiger partial charge in [0.05, 0.1) is 12.1 Å². The van der Waals surface area contributed by atoms with Gasteiger partial charge in [-0.15, -0.1) is 0 Å². The molecule has 7 heteroatoms. The van der Waals surface area contributed by atoms with Crippen molar-refractivity contribution in [2.75, 3.05) is 24.4 Å². The van der Waals surface area contributed by atoms with Crippen LogP contribution in [0.5, 0.6) is 11.5 Å². The first-order valence-electron chi connectivity index (χ1n) is 7.12. The van der Waals surface area contributed by atoms with Crippen LogP contribution in [-0.2, 0) is 9.59 Å². The van der Waals surface area contributed by atoms with E-state index in [1.54, 1.807) is 42.5 Å². The van der Waals surface area contributed by atoms with Crippen LogP contribution in [0, 0.1) is 0 Å². The minimum atomic E-state index is -0.317. The van der Waals surface area contributed by atoms with Gasteiger partial charge < -0.3 is 20.1 Å². The third kappa shape index (κ3) is 5.17. The van der Waals surface area contributed by atoms with Gasteiger partial charge in [-0.2, -0.15) is 0 Å². The molecule has 0 heterocycles. The largest absolute Gasteiger partial charge is 0.495 e. The van der Waals surface area contributed by atoms with Crippen LogP contribution in [0.1, 0.15) is 6.92 Å². The zero-order chi connectivity index (χ0) is 17.5. The predicted octanol–water partition coefficient (Wildman–Crippen LogP) is 3.32. The van der Waals surface area contributed by atoms with E-state index in [0.717, 1.165) is 0 Å². The maximum Gasteiger partial charge on any atom is 0.262 e. The van der Waals surface area contributed by atoms with Crippen LogP contribution in [0.3, 0.4) is 0 Å². The summed E-state index contributed by atoms with van der Waals surface area (Å²) in [7, 11) is 1.52. The number of methoxy groups -OCH3 is 1. The van der Waals surface area contributed by atoms with Gasteiger partial charge in [0.1, 0.15) is 11.5 Å². The van der Waals surface area contributed by atoms with Crippen LogP contribution in [0.2, 0.25) is 5.02 Å². The Morgan fingerprint density at radius 1 is 1.04 bits per heavy atom. The lowest BCUT2D eigenvalue weighted by Gasteiger charge is -2.10. The van der Waals surface area contributed by atoms with E-state index in [9.17, 15) is 9.59 Å². The number of carbonyl (C=O) groups is 2. The number of hydrogen-bond acceptors (Lipinski definition) is 4. The van der Waals surface area contributed by atoms with Gasteiger partial charge in [0.15, 0.2) is 6.61 Å². The summed E-state index contributed by atoms with van der Waals surface area (Å²) in [6.45, 7) is 1.28. The molecule has 126 valence electrons. The third-order valence-corrected chi connectivity index (χ3v) is 3.28. The summed E-state index contributed by atoms with van der Waals surface area (Å²) in [5.41, 5.74) is 1.21. The number of nitrogens with one attached hydrogen (secondary N) is 2. The van der Waals surface area contributed by atoms with Gasteiger partial charge in [-0.25, -0.2) is 0 Å². The Labute approximate surface area is 144 Å². The first-order valence-corrected chi connectivity index (χ1v) is 7.49. The molecular weight excluding hydrogens is 332 g/mol. The van der Waals surface area contributed by atoms with E-state index in [1.807, 2.05) is 0 Å². The molecule has 2 aromatic rings. The topological polar surface area (TPSA) is 76.7 Å². The molecule has 0 unspecified atom stereocenters. The van der Waals surface area contributed by atoms with Crippen molar-refractivity contribution in [3.8, 4) is 11.5 Å². The Hall–Kier alpha value is -2.73. The van der Waals surface area contributed by atoms with E-state index in [0.29, 0.717) is 27.9 Å². The highest BCUT2D eigenvalue weighted by atomic mass is 35.5. The van der Waals surface area contributed by atoms with Gasteiger partial charge in [-0.3, -0.25) is 9.59 Å². The Bertz CT molecular complexity index is 732. The van der Waals surface area contributed by atoms with Crippen molar-refractivity contribution in [2.24, 2.45) is 0 Å². The second-order valence-electron chi connectivity index (χ2n) is 4.89. The van der Waals surface area contributed by atoms with Crippen LogP contribution in [0.4, 0.5) is 11.4 Å². The molecule has 2 amide bonds. The summed E-state index contributed by atoms with van der Waals surface area (Å²) >= 11 is 6.00. The molecule has 0 saturated heterocycles. The number of amides is 2. The molecule has 0 saturated carbocycles. The van der Waals surface area contributed by atoms with Crippen molar-refractivity contribution in [2.45, 2.75) is 6.92 Å². The molecule has 0 aliphatic rings. The van der Waals surface area contributed by atoms with E-state index >= 15 is 0 Å². The maximum atomic E-state index is 11.9. The molecule has 2 rings (SSSR count). The molecule has 0 spiro atoms. The van der Waals surface area contributed by atoms with E-state index in [-0.39, 0.29) is 18.4 Å². The molecule has 0 radical (unpaired) electrons. The average Bonchev–Trinajstić information content (AvgIpc) is 2.54. The quantitative estimate of drug-likeness (QED) is 0.839. The Kier molecular flexibility index (Phi) is 6.03. The second-order valence-corrected chi connectivity index (χ2v) is 5.30. The minimum Gasteiger partial charge on any atom is -0.495 e. The monoisotopic (exact) mass is 348 g/mol. The summed E-state index contributed by atoms with van der Waals surface area (Å²) in [4.78, 5) is 22.8. The second kappa shape index (κ2) is 8.21. The predicted molar refractivity (Wildman–Crippen MR) is 92.9 cm³/mol. The summed E-state index contributed by atoms with van der Waals surface area (Å²) in [6, 6.07) is 11.7. The van der Waals surface area contributed by atoms with Gasteiger partial charge in [0.2, 0.25) is 5.91 Å². The molecule has 0 aromatic heterocycles. The molecule has 0 aliphatic heterocycles. The van der Waals surface area contributed by atoms with Crippen LogP contribution < -0.4 is 20.1 Å². The molecule has 0 fully saturated rings. The van der Waals surface area contributed by atoms with E-state index in [2.05, 4.69) is 10.6 Å². The van der Waals surface area contributed by atoms with Gasteiger partial charge in [-0.1, -0.05) is 11.6 Å². The van der Waals surface area contributed by atoms with E-state index in [1.165, 1.54) is 14.0 Å². The van der Waals surface area contributed by atoms with E-state index < -0.39 is 0 Å². The van der Waals surface area contributed by atoms with Crippen LogP contribution in [-0.4, -0.2) is 25.5 Å². The molecule has 24 heavy (non-hydrogen) atoms. The van der Waals surface area contributed by atoms with Gasteiger partial charge >= 0.3 is 0 Å². The van der Waals surface area contributed by atoms with Crippen molar-refractivity contribution in [1.82, 2.24) is 0 Å². The van der Waals surface area contributed by atoms with Gasteiger partial charge in [0.25, 0.3) is 5.91 Å². The highest BCUT2D eigenvalue weighted by Crippen LogP contribution is 2.27. The molecule has 2 N–H and O–H groups in total. The third-order valence-electron chi connectivity index (χ3n) is 2.98. The minimum absolute atomic E-state index is 0.150. The summed E-state index contributed by atoms with van der Waals surface area (Å²) in [5.74, 6) is 0.584. The fourth-order valence-electron chi connectivity index (χ4n) is 1.93. The highest BCUT2D eigenvalue weighted by Gasteiger charge is 2.07. The molecule has 0 bridgehead atoms. The molecule has 2 aromatic carbocycles. The lowest BCUT2D eigenvalue weighted by Crippen LogP contribution is -2.20. The van der Waals surface area contributed by atoms with Crippen molar-refractivity contribution >= 4 is 34.8 Å². The van der Waals surface area contributed by atoms with Gasteiger partial charge in [-0.05, 0) is 42.5 Å². The Morgan fingerprint density at radius 2 is 1.71 bits per heavy atom. The van der Waals surface area contributed by atoms with Crippen molar-refractivity contribution in [3.63, 3.8) is 0 Å².